The van der Waals surface area contributed by atoms with Crippen LogP contribution in [-0.2, 0) is 4.79 Å². The van der Waals surface area contributed by atoms with Crippen LogP contribution in [0.5, 0.6) is 0 Å². The zero-order valence-electron chi connectivity index (χ0n) is 8.64. The van der Waals surface area contributed by atoms with Crippen LogP contribution in [0.2, 0.25) is 0 Å². The molecule has 0 heterocycles. The average molecular weight is 172 g/mol. The number of hydrogen-bond donors (Lipinski definition) is 2. The maximum absolute atomic E-state index is 11.4. The van der Waals surface area contributed by atoms with E-state index < -0.39 is 6.04 Å². The van der Waals surface area contributed by atoms with Crippen LogP contribution in [0.3, 0.4) is 0 Å². The summed E-state index contributed by atoms with van der Waals surface area (Å²) in [5, 5.41) is 2.84. The number of rotatable bonds is 2. The van der Waals surface area contributed by atoms with Gasteiger partial charge in [-0.1, -0.05) is 13.8 Å². The van der Waals surface area contributed by atoms with Crippen LogP contribution in [0, 0.1) is 5.92 Å². The van der Waals surface area contributed by atoms with E-state index in [9.17, 15) is 4.79 Å². The molecule has 0 saturated heterocycles. The van der Waals surface area contributed by atoms with Gasteiger partial charge in [-0.15, -0.1) is 0 Å². The van der Waals surface area contributed by atoms with Crippen LogP contribution >= 0.6 is 0 Å². The first kappa shape index (κ1) is 11.4. The lowest BCUT2D eigenvalue weighted by Gasteiger charge is -2.24. The summed E-state index contributed by atoms with van der Waals surface area (Å²) in [6.07, 6.45) is 0. The molecular formula is C9H20N2O. The summed E-state index contributed by atoms with van der Waals surface area (Å²) in [5.41, 5.74) is 5.46. The van der Waals surface area contributed by atoms with Gasteiger partial charge in [0.1, 0.15) is 0 Å². The minimum absolute atomic E-state index is 0.0718. The highest BCUT2D eigenvalue weighted by atomic mass is 16.2. The Balaban J connectivity index is 4.05. The molecule has 1 atom stereocenters. The summed E-state index contributed by atoms with van der Waals surface area (Å²) in [4.78, 5) is 11.4. The third-order valence-electron chi connectivity index (χ3n) is 1.52. The summed E-state index contributed by atoms with van der Waals surface area (Å²) in [6, 6.07) is -0.399. The van der Waals surface area contributed by atoms with E-state index in [1.807, 2.05) is 34.6 Å². The molecule has 0 aromatic rings. The Morgan fingerprint density at radius 1 is 1.33 bits per heavy atom. The van der Waals surface area contributed by atoms with Crippen LogP contribution in [0.4, 0.5) is 0 Å². The molecule has 0 fully saturated rings. The van der Waals surface area contributed by atoms with Crippen molar-refractivity contribution in [3.05, 3.63) is 0 Å². The summed E-state index contributed by atoms with van der Waals surface area (Å²) in [7, 11) is 0. The first-order valence-corrected chi connectivity index (χ1v) is 4.31. The van der Waals surface area contributed by atoms with Gasteiger partial charge in [0.05, 0.1) is 6.04 Å². The number of carbonyl (C=O) groups is 1. The fraction of sp³-hybridized carbons (Fsp3) is 0.889. The largest absolute Gasteiger partial charge is 0.350 e. The summed E-state index contributed by atoms with van der Waals surface area (Å²) in [6.45, 7) is 9.70. The Hall–Kier alpha value is -0.570. The fourth-order valence-corrected chi connectivity index (χ4v) is 0.756. The first-order valence-electron chi connectivity index (χ1n) is 4.31. The standard InChI is InChI=1S/C9H20N2O/c1-6(2)7(10)8(12)11-9(3,4)5/h6-7H,10H2,1-5H3,(H,11,12). The number of hydrogen-bond acceptors (Lipinski definition) is 2. The summed E-state index contributed by atoms with van der Waals surface area (Å²) >= 11 is 0. The summed E-state index contributed by atoms with van der Waals surface area (Å²) in [5.74, 6) is 0.116. The third-order valence-corrected chi connectivity index (χ3v) is 1.52. The molecular weight excluding hydrogens is 152 g/mol. The first-order chi connectivity index (χ1) is 5.24. The second-order valence-corrected chi connectivity index (χ2v) is 4.51. The van der Waals surface area contributed by atoms with Crippen molar-refractivity contribution in [1.82, 2.24) is 5.32 Å². The SMILES string of the molecule is CC(C)C(N)C(=O)NC(C)(C)C. The fourth-order valence-electron chi connectivity index (χ4n) is 0.756. The lowest BCUT2D eigenvalue weighted by atomic mass is 10.0. The van der Waals surface area contributed by atoms with Gasteiger partial charge in [0.15, 0.2) is 0 Å². The second-order valence-electron chi connectivity index (χ2n) is 4.51. The van der Waals surface area contributed by atoms with Gasteiger partial charge < -0.3 is 11.1 Å². The maximum atomic E-state index is 11.4. The highest BCUT2D eigenvalue weighted by Gasteiger charge is 2.21. The van der Waals surface area contributed by atoms with E-state index in [1.54, 1.807) is 0 Å². The quantitative estimate of drug-likeness (QED) is 0.649. The highest BCUT2D eigenvalue weighted by molar-refractivity contribution is 5.82. The zero-order chi connectivity index (χ0) is 9.94. The average Bonchev–Trinajstić information content (AvgIpc) is 1.82. The molecule has 1 unspecified atom stereocenters. The van der Waals surface area contributed by atoms with Gasteiger partial charge in [0.25, 0.3) is 0 Å². The van der Waals surface area contributed by atoms with E-state index in [-0.39, 0.29) is 17.4 Å². The Morgan fingerprint density at radius 3 is 2.00 bits per heavy atom. The predicted molar refractivity (Wildman–Crippen MR) is 50.7 cm³/mol. The van der Waals surface area contributed by atoms with E-state index in [0.717, 1.165) is 0 Å². The zero-order valence-corrected chi connectivity index (χ0v) is 8.64. The van der Waals surface area contributed by atoms with Crippen molar-refractivity contribution < 1.29 is 4.79 Å². The minimum Gasteiger partial charge on any atom is -0.350 e. The molecule has 0 aliphatic heterocycles. The molecule has 0 aromatic carbocycles. The van der Waals surface area contributed by atoms with Gasteiger partial charge in [-0.3, -0.25) is 4.79 Å². The number of carbonyl (C=O) groups excluding carboxylic acids is 1. The smallest absolute Gasteiger partial charge is 0.237 e. The van der Waals surface area contributed by atoms with Gasteiger partial charge in [0.2, 0.25) is 5.91 Å². The highest BCUT2D eigenvalue weighted by Crippen LogP contribution is 2.03. The molecule has 0 saturated carbocycles. The monoisotopic (exact) mass is 172 g/mol. The van der Waals surface area contributed by atoms with Crippen LogP contribution in [0.1, 0.15) is 34.6 Å². The second kappa shape index (κ2) is 3.90. The normalized spacial score (nSPS) is 14.6. The van der Waals surface area contributed by atoms with Crippen molar-refractivity contribution in [2.45, 2.75) is 46.2 Å². The van der Waals surface area contributed by atoms with E-state index >= 15 is 0 Å². The molecule has 0 rings (SSSR count). The molecule has 3 heteroatoms. The van der Waals surface area contributed by atoms with Crippen LogP contribution < -0.4 is 11.1 Å². The molecule has 0 bridgehead atoms. The van der Waals surface area contributed by atoms with Gasteiger partial charge in [-0.25, -0.2) is 0 Å². The number of nitrogens with one attached hydrogen (secondary N) is 1. The molecule has 0 aliphatic rings. The molecule has 0 spiro atoms. The lowest BCUT2D eigenvalue weighted by molar-refractivity contribution is -0.124. The van der Waals surface area contributed by atoms with E-state index in [2.05, 4.69) is 5.32 Å². The van der Waals surface area contributed by atoms with Crippen molar-refractivity contribution in [2.24, 2.45) is 11.7 Å². The van der Waals surface area contributed by atoms with Crippen molar-refractivity contribution in [3.8, 4) is 0 Å². The lowest BCUT2D eigenvalue weighted by Crippen LogP contribution is -2.50. The molecule has 72 valence electrons. The number of amides is 1. The molecule has 3 nitrogen and oxygen atoms in total. The topological polar surface area (TPSA) is 55.1 Å². The Kier molecular flexibility index (Phi) is 3.71. The van der Waals surface area contributed by atoms with Crippen molar-refractivity contribution in [3.63, 3.8) is 0 Å². The van der Waals surface area contributed by atoms with E-state index in [1.165, 1.54) is 0 Å². The van der Waals surface area contributed by atoms with Gasteiger partial charge in [-0.2, -0.15) is 0 Å². The minimum atomic E-state index is -0.399. The maximum Gasteiger partial charge on any atom is 0.237 e. The Labute approximate surface area is 74.7 Å². The van der Waals surface area contributed by atoms with E-state index in [0.29, 0.717) is 0 Å². The van der Waals surface area contributed by atoms with E-state index in [4.69, 9.17) is 5.73 Å². The Morgan fingerprint density at radius 2 is 1.75 bits per heavy atom. The van der Waals surface area contributed by atoms with Crippen molar-refractivity contribution in [2.75, 3.05) is 0 Å². The molecule has 0 aromatic heterocycles. The Bertz CT molecular complexity index is 158. The van der Waals surface area contributed by atoms with Crippen LogP contribution in [0.15, 0.2) is 0 Å². The van der Waals surface area contributed by atoms with Crippen molar-refractivity contribution >= 4 is 5.91 Å². The predicted octanol–water partition coefficient (Wildman–Crippen LogP) is 0.884. The molecule has 0 aliphatic carbocycles. The third kappa shape index (κ3) is 4.34. The van der Waals surface area contributed by atoms with Gasteiger partial charge >= 0.3 is 0 Å². The summed E-state index contributed by atoms with van der Waals surface area (Å²) < 4.78 is 0. The van der Waals surface area contributed by atoms with Gasteiger partial charge in [0, 0.05) is 5.54 Å². The van der Waals surface area contributed by atoms with Crippen LogP contribution in [0.25, 0.3) is 0 Å². The number of nitrogens with two attached hydrogens (primary N) is 1. The molecule has 0 radical (unpaired) electrons. The molecule has 1 amide bonds. The van der Waals surface area contributed by atoms with Crippen LogP contribution in [-0.4, -0.2) is 17.5 Å². The van der Waals surface area contributed by atoms with Gasteiger partial charge in [-0.05, 0) is 26.7 Å². The molecule has 3 N–H and O–H groups in total. The molecule has 12 heavy (non-hydrogen) atoms. The van der Waals surface area contributed by atoms with Crippen molar-refractivity contribution in [1.29, 1.82) is 0 Å².